The van der Waals surface area contributed by atoms with Crippen LogP contribution < -0.4 is 10.9 Å². The Labute approximate surface area is 160 Å². The molecular weight excluding hydrogens is 362 g/mol. The lowest BCUT2D eigenvalue weighted by Crippen LogP contribution is -2.42. The quantitative estimate of drug-likeness (QED) is 0.508. The molecule has 0 bridgehead atoms. The van der Waals surface area contributed by atoms with Crippen molar-refractivity contribution >= 4 is 39.7 Å². The van der Waals surface area contributed by atoms with Crippen LogP contribution in [0, 0.1) is 6.92 Å². The number of nitrogens with zero attached hydrogens (tertiary/aromatic N) is 1. The lowest BCUT2D eigenvalue weighted by Gasteiger charge is -2.07. The van der Waals surface area contributed by atoms with E-state index < -0.39 is 5.91 Å². The summed E-state index contributed by atoms with van der Waals surface area (Å²) in [5.41, 5.74) is 5.91. The Hall–Kier alpha value is -3.06. The molecule has 0 aliphatic rings. The molecule has 1 aromatic heterocycles. The van der Waals surface area contributed by atoms with Gasteiger partial charge in [0.1, 0.15) is 0 Å². The van der Waals surface area contributed by atoms with E-state index >= 15 is 0 Å². The summed E-state index contributed by atoms with van der Waals surface area (Å²) >= 11 is 1.46. The fourth-order valence-electron chi connectivity index (χ4n) is 2.63. The minimum atomic E-state index is -0.410. The van der Waals surface area contributed by atoms with E-state index in [1.165, 1.54) is 11.3 Å². The molecule has 1 heterocycles. The maximum atomic E-state index is 12.3. The standard InChI is InChI=1S/C20H19N3O3S/c1-13-21-17(12-27-13)11-20(26)23-22-19(25)9-8-18(24)16-7-6-14-4-2-3-5-15(14)10-16/h2-7,10,12H,8-9,11H2,1H3,(H,22,25)(H,23,26). The average Bonchev–Trinajstić information content (AvgIpc) is 3.08. The molecule has 0 atom stereocenters. The normalized spacial score (nSPS) is 10.6. The van der Waals surface area contributed by atoms with Gasteiger partial charge >= 0.3 is 0 Å². The van der Waals surface area contributed by atoms with Gasteiger partial charge in [0.15, 0.2) is 5.78 Å². The maximum absolute atomic E-state index is 12.3. The van der Waals surface area contributed by atoms with Crippen molar-refractivity contribution in [2.24, 2.45) is 0 Å². The zero-order valence-corrected chi connectivity index (χ0v) is 15.6. The molecule has 0 fully saturated rings. The molecule has 0 aliphatic carbocycles. The van der Waals surface area contributed by atoms with Crippen molar-refractivity contribution in [1.82, 2.24) is 15.8 Å². The molecule has 0 unspecified atom stereocenters. The Kier molecular flexibility index (Phi) is 5.93. The molecular formula is C20H19N3O3S. The SMILES string of the molecule is Cc1nc(CC(=O)NNC(=O)CCC(=O)c2ccc3ccccc3c2)cs1. The molecule has 138 valence electrons. The Morgan fingerprint density at radius 2 is 1.70 bits per heavy atom. The number of fused-ring (bicyclic) bond motifs is 1. The number of rotatable bonds is 6. The fraction of sp³-hybridized carbons (Fsp3) is 0.200. The Morgan fingerprint density at radius 1 is 0.963 bits per heavy atom. The second-order valence-corrected chi connectivity index (χ2v) is 7.18. The summed E-state index contributed by atoms with van der Waals surface area (Å²) in [5, 5.41) is 4.73. The van der Waals surface area contributed by atoms with Gasteiger partial charge in [0, 0.05) is 23.8 Å². The van der Waals surface area contributed by atoms with Gasteiger partial charge in [0.2, 0.25) is 11.8 Å². The summed E-state index contributed by atoms with van der Waals surface area (Å²) in [7, 11) is 0. The number of hydrogen-bond acceptors (Lipinski definition) is 5. The Bertz CT molecular complexity index is 997. The fourth-order valence-corrected chi connectivity index (χ4v) is 3.25. The van der Waals surface area contributed by atoms with Crippen LogP contribution in [0.5, 0.6) is 0 Å². The smallest absolute Gasteiger partial charge is 0.244 e. The van der Waals surface area contributed by atoms with Crippen LogP contribution in [0.4, 0.5) is 0 Å². The van der Waals surface area contributed by atoms with Crippen molar-refractivity contribution < 1.29 is 14.4 Å². The number of aromatic nitrogens is 1. The Balaban J connectivity index is 1.45. The van der Waals surface area contributed by atoms with Crippen LogP contribution >= 0.6 is 11.3 Å². The molecule has 0 spiro atoms. The van der Waals surface area contributed by atoms with E-state index in [0.29, 0.717) is 11.3 Å². The number of carbonyl (C=O) groups excluding carboxylic acids is 3. The van der Waals surface area contributed by atoms with Gasteiger partial charge < -0.3 is 0 Å². The van der Waals surface area contributed by atoms with E-state index in [1.807, 2.05) is 43.3 Å². The van der Waals surface area contributed by atoms with Crippen molar-refractivity contribution in [2.75, 3.05) is 0 Å². The second-order valence-electron chi connectivity index (χ2n) is 6.12. The van der Waals surface area contributed by atoms with Crippen LogP contribution in [0.3, 0.4) is 0 Å². The minimum Gasteiger partial charge on any atom is -0.294 e. The zero-order valence-electron chi connectivity index (χ0n) is 14.8. The van der Waals surface area contributed by atoms with Crippen LogP contribution in [0.2, 0.25) is 0 Å². The number of ketones is 1. The molecule has 2 N–H and O–H groups in total. The van der Waals surface area contributed by atoms with Gasteiger partial charge in [-0.15, -0.1) is 11.3 Å². The van der Waals surface area contributed by atoms with E-state index in [9.17, 15) is 14.4 Å². The summed E-state index contributed by atoms with van der Waals surface area (Å²) in [6.45, 7) is 1.86. The lowest BCUT2D eigenvalue weighted by molar-refractivity contribution is -0.128. The first-order valence-electron chi connectivity index (χ1n) is 8.52. The number of thiazole rings is 1. The molecule has 0 radical (unpaired) electrons. The third kappa shape index (κ3) is 5.21. The summed E-state index contributed by atoms with van der Waals surface area (Å²) in [6.07, 6.45) is 0.174. The summed E-state index contributed by atoms with van der Waals surface area (Å²) < 4.78 is 0. The Morgan fingerprint density at radius 3 is 2.44 bits per heavy atom. The molecule has 6 nitrogen and oxygen atoms in total. The minimum absolute atomic E-state index is 0.00174. The van der Waals surface area contributed by atoms with E-state index in [4.69, 9.17) is 0 Å². The van der Waals surface area contributed by atoms with Gasteiger partial charge in [0.25, 0.3) is 0 Å². The molecule has 2 amide bonds. The summed E-state index contributed by atoms with van der Waals surface area (Å²) in [4.78, 5) is 40.1. The number of Topliss-reactive ketones (excluding diaryl/α,β-unsaturated/α-hetero) is 1. The third-order valence-corrected chi connectivity index (χ3v) is 4.82. The number of carbonyl (C=O) groups is 3. The number of benzene rings is 2. The predicted molar refractivity (Wildman–Crippen MR) is 104 cm³/mol. The average molecular weight is 381 g/mol. The molecule has 27 heavy (non-hydrogen) atoms. The highest BCUT2D eigenvalue weighted by Gasteiger charge is 2.11. The monoisotopic (exact) mass is 381 g/mol. The van der Waals surface area contributed by atoms with Crippen molar-refractivity contribution in [1.29, 1.82) is 0 Å². The molecule has 3 aromatic rings. The number of hydrogen-bond donors (Lipinski definition) is 2. The predicted octanol–water partition coefficient (Wildman–Crippen LogP) is 2.96. The molecule has 3 rings (SSSR count). The number of nitrogens with one attached hydrogen (secondary N) is 2. The summed E-state index contributed by atoms with van der Waals surface area (Å²) in [6, 6.07) is 13.3. The van der Waals surface area contributed by atoms with E-state index in [-0.39, 0.29) is 31.0 Å². The van der Waals surface area contributed by atoms with Crippen molar-refractivity contribution in [3.8, 4) is 0 Å². The van der Waals surface area contributed by atoms with Crippen LogP contribution in [0.25, 0.3) is 10.8 Å². The van der Waals surface area contributed by atoms with E-state index in [1.54, 1.807) is 11.4 Å². The molecule has 7 heteroatoms. The largest absolute Gasteiger partial charge is 0.294 e. The molecule has 2 aromatic carbocycles. The van der Waals surface area contributed by atoms with Crippen LogP contribution in [-0.2, 0) is 16.0 Å². The van der Waals surface area contributed by atoms with Gasteiger partial charge in [0.05, 0.1) is 17.1 Å². The molecule has 0 saturated heterocycles. The van der Waals surface area contributed by atoms with Crippen molar-refractivity contribution in [3.05, 3.63) is 64.1 Å². The topological polar surface area (TPSA) is 88.2 Å². The highest BCUT2D eigenvalue weighted by atomic mass is 32.1. The van der Waals surface area contributed by atoms with Gasteiger partial charge in [-0.2, -0.15) is 0 Å². The highest BCUT2D eigenvalue weighted by Crippen LogP contribution is 2.17. The van der Waals surface area contributed by atoms with E-state index in [0.717, 1.165) is 15.8 Å². The third-order valence-electron chi connectivity index (χ3n) is 4.00. The van der Waals surface area contributed by atoms with Crippen LogP contribution in [-0.4, -0.2) is 22.6 Å². The first-order valence-corrected chi connectivity index (χ1v) is 9.40. The van der Waals surface area contributed by atoms with Crippen LogP contribution in [0.1, 0.15) is 33.9 Å². The number of hydrazine groups is 1. The lowest BCUT2D eigenvalue weighted by atomic mass is 10.0. The first kappa shape index (κ1) is 18.7. The van der Waals surface area contributed by atoms with Gasteiger partial charge in [-0.25, -0.2) is 4.98 Å². The first-order chi connectivity index (χ1) is 13.0. The maximum Gasteiger partial charge on any atom is 0.244 e. The van der Waals surface area contributed by atoms with Gasteiger partial charge in [-0.3, -0.25) is 25.2 Å². The highest BCUT2D eigenvalue weighted by molar-refractivity contribution is 7.09. The number of aryl methyl sites for hydroxylation is 1. The molecule has 0 aliphatic heterocycles. The second kappa shape index (κ2) is 8.55. The van der Waals surface area contributed by atoms with Gasteiger partial charge in [-0.1, -0.05) is 36.4 Å². The number of amides is 2. The van der Waals surface area contributed by atoms with Crippen LogP contribution in [0.15, 0.2) is 47.8 Å². The van der Waals surface area contributed by atoms with E-state index in [2.05, 4.69) is 15.8 Å². The van der Waals surface area contributed by atoms with Crippen molar-refractivity contribution in [2.45, 2.75) is 26.2 Å². The summed E-state index contributed by atoms with van der Waals surface area (Å²) in [5.74, 6) is -0.873. The molecule has 0 saturated carbocycles. The zero-order chi connectivity index (χ0) is 19.2. The van der Waals surface area contributed by atoms with Gasteiger partial charge in [-0.05, 0) is 23.8 Å². The van der Waals surface area contributed by atoms with Crippen molar-refractivity contribution in [3.63, 3.8) is 0 Å².